The molecule has 1 N–H and O–H groups in total. The van der Waals surface area contributed by atoms with Crippen molar-refractivity contribution in [3.8, 4) is 0 Å². The van der Waals surface area contributed by atoms with Gasteiger partial charge in [0.2, 0.25) is 0 Å². The van der Waals surface area contributed by atoms with Gasteiger partial charge in [-0.25, -0.2) is 9.59 Å². The molecule has 1 aromatic carbocycles. The maximum absolute atomic E-state index is 12.7. The van der Waals surface area contributed by atoms with Crippen molar-refractivity contribution in [1.82, 2.24) is 0 Å². The third kappa shape index (κ3) is 4.35. The summed E-state index contributed by atoms with van der Waals surface area (Å²) in [5, 5.41) is 8.54. The second-order valence-electron chi connectivity index (χ2n) is 5.27. The van der Waals surface area contributed by atoms with Gasteiger partial charge in [0.1, 0.15) is 5.60 Å². The first-order valence-corrected chi connectivity index (χ1v) is 7.12. The molecule has 0 unspecified atom stereocenters. The van der Waals surface area contributed by atoms with Crippen molar-refractivity contribution in [1.29, 1.82) is 0 Å². The van der Waals surface area contributed by atoms with E-state index in [0.717, 1.165) is 18.2 Å². The molecule has 2 rings (SSSR count). The van der Waals surface area contributed by atoms with Crippen LogP contribution in [0.3, 0.4) is 0 Å². The van der Waals surface area contributed by atoms with Gasteiger partial charge in [-0.1, -0.05) is 12.1 Å². The average Bonchev–Trinajstić information content (AvgIpc) is 2.53. The number of hydrogen-bond acceptors (Lipinski definition) is 4. The third-order valence-corrected chi connectivity index (χ3v) is 3.70. The quantitative estimate of drug-likeness (QED) is 0.672. The molecule has 0 amide bonds. The van der Waals surface area contributed by atoms with Gasteiger partial charge in [-0.15, -0.1) is 0 Å². The summed E-state index contributed by atoms with van der Waals surface area (Å²) in [4.78, 5) is 22.3. The Labute approximate surface area is 135 Å². The van der Waals surface area contributed by atoms with E-state index >= 15 is 0 Å². The molecule has 0 aromatic heterocycles. The Bertz CT molecular complexity index is 628. The minimum Gasteiger partial charge on any atom is -0.478 e. The number of hydrogen-bond donors (Lipinski definition) is 1. The largest absolute Gasteiger partial charge is 0.478 e. The van der Waals surface area contributed by atoms with Gasteiger partial charge in [-0.3, -0.25) is 0 Å². The van der Waals surface area contributed by atoms with Crippen molar-refractivity contribution in [2.24, 2.45) is 0 Å². The van der Waals surface area contributed by atoms with Crippen molar-refractivity contribution >= 4 is 11.9 Å². The highest BCUT2D eigenvalue weighted by Gasteiger charge is 2.39. The predicted octanol–water partition coefficient (Wildman–Crippen LogP) is 2.90. The monoisotopic (exact) mass is 344 g/mol. The highest BCUT2D eigenvalue weighted by Crippen LogP contribution is 2.38. The molecule has 1 aliphatic rings. The molecule has 1 aliphatic heterocycles. The Kier molecular flexibility index (Phi) is 5.28. The Balaban J connectivity index is 2.27. The van der Waals surface area contributed by atoms with Gasteiger partial charge in [-0.2, -0.15) is 13.2 Å². The van der Waals surface area contributed by atoms with Crippen LogP contribution in [-0.2, 0) is 30.8 Å². The number of benzene rings is 1. The lowest BCUT2D eigenvalue weighted by Crippen LogP contribution is -2.38. The Morgan fingerprint density at radius 2 is 1.71 bits per heavy atom. The lowest BCUT2D eigenvalue weighted by Gasteiger charge is -2.37. The van der Waals surface area contributed by atoms with Crippen molar-refractivity contribution in [2.45, 2.75) is 24.6 Å². The molecule has 0 aliphatic carbocycles. The van der Waals surface area contributed by atoms with E-state index in [1.54, 1.807) is 0 Å². The number of carbonyl (C=O) groups is 2. The van der Waals surface area contributed by atoms with Gasteiger partial charge < -0.3 is 14.6 Å². The number of carboxylic acid groups (broad SMARTS) is 1. The van der Waals surface area contributed by atoms with Crippen LogP contribution in [-0.4, -0.2) is 30.3 Å². The molecule has 0 atom stereocenters. The van der Waals surface area contributed by atoms with E-state index in [1.165, 1.54) is 12.1 Å². The maximum Gasteiger partial charge on any atom is 0.416 e. The van der Waals surface area contributed by atoms with Gasteiger partial charge in [0.05, 0.1) is 18.8 Å². The topological polar surface area (TPSA) is 72.8 Å². The summed E-state index contributed by atoms with van der Waals surface area (Å²) in [5.74, 6) is -2.18. The highest BCUT2D eigenvalue weighted by atomic mass is 19.4. The normalized spacial score (nSPS) is 17.6. The highest BCUT2D eigenvalue weighted by molar-refractivity contribution is 5.91. The zero-order valence-electron chi connectivity index (χ0n) is 12.5. The Morgan fingerprint density at radius 3 is 2.21 bits per heavy atom. The first-order chi connectivity index (χ1) is 11.2. The first kappa shape index (κ1) is 18.0. The Morgan fingerprint density at radius 1 is 1.12 bits per heavy atom. The van der Waals surface area contributed by atoms with Crippen LogP contribution in [0, 0.1) is 0 Å². The van der Waals surface area contributed by atoms with Gasteiger partial charge in [0.25, 0.3) is 0 Å². The van der Waals surface area contributed by atoms with Crippen LogP contribution in [0.5, 0.6) is 0 Å². The fourth-order valence-corrected chi connectivity index (χ4v) is 2.48. The van der Waals surface area contributed by atoms with Crippen molar-refractivity contribution in [2.75, 3.05) is 13.2 Å². The van der Waals surface area contributed by atoms with Gasteiger partial charge >= 0.3 is 18.1 Å². The zero-order chi connectivity index (χ0) is 17.8. The van der Waals surface area contributed by atoms with Crippen molar-refractivity contribution in [3.05, 3.63) is 47.5 Å². The molecule has 1 heterocycles. The second-order valence-corrected chi connectivity index (χ2v) is 5.27. The number of rotatable bonds is 4. The molecule has 1 saturated heterocycles. The molecule has 8 heteroatoms. The van der Waals surface area contributed by atoms with E-state index < -0.39 is 29.3 Å². The lowest BCUT2D eigenvalue weighted by molar-refractivity contribution is -0.165. The molecule has 0 saturated carbocycles. The number of halogens is 3. The molecule has 130 valence electrons. The minimum absolute atomic E-state index is 0.269. The number of aliphatic carboxylic acids is 1. The number of alkyl halides is 3. The van der Waals surface area contributed by atoms with Crippen molar-refractivity contribution < 1.29 is 37.3 Å². The van der Waals surface area contributed by atoms with Gasteiger partial charge in [0, 0.05) is 25.0 Å². The molecule has 5 nitrogen and oxygen atoms in total. The summed E-state index contributed by atoms with van der Waals surface area (Å²) in [6.45, 7) is 0.549. The Hall–Kier alpha value is -2.35. The smallest absolute Gasteiger partial charge is 0.416 e. The summed E-state index contributed by atoms with van der Waals surface area (Å²) in [6.07, 6.45) is -2.51. The van der Waals surface area contributed by atoms with Crippen LogP contribution in [0.2, 0.25) is 0 Å². The predicted molar refractivity (Wildman–Crippen MR) is 76.0 cm³/mol. The third-order valence-electron chi connectivity index (χ3n) is 3.70. The van der Waals surface area contributed by atoms with Crippen LogP contribution in [0.25, 0.3) is 0 Å². The standard InChI is InChI=1S/C16H15F3O5/c17-16(18,19)12-3-1-11(2-4-12)15(7-9-23-10-8-15)24-14(22)6-5-13(20)21/h1-6H,7-10H2,(H,20,21)/b6-5+. The summed E-state index contributed by atoms with van der Waals surface area (Å²) in [6, 6.07) is 4.38. The molecule has 0 bridgehead atoms. The average molecular weight is 344 g/mol. The van der Waals surface area contributed by atoms with E-state index in [2.05, 4.69) is 0 Å². The van der Waals surface area contributed by atoms with E-state index in [-0.39, 0.29) is 26.1 Å². The zero-order valence-corrected chi connectivity index (χ0v) is 12.5. The fraction of sp³-hybridized carbons (Fsp3) is 0.375. The van der Waals surface area contributed by atoms with E-state index in [1.807, 2.05) is 0 Å². The summed E-state index contributed by atoms with van der Waals surface area (Å²) >= 11 is 0. The molecule has 0 spiro atoms. The maximum atomic E-state index is 12.7. The minimum atomic E-state index is -4.46. The van der Waals surface area contributed by atoms with Gasteiger partial charge in [-0.05, 0) is 17.7 Å². The number of esters is 1. The molecule has 1 aromatic rings. The van der Waals surface area contributed by atoms with Crippen LogP contribution in [0.4, 0.5) is 13.2 Å². The van der Waals surface area contributed by atoms with Crippen LogP contribution >= 0.6 is 0 Å². The number of ether oxygens (including phenoxy) is 2. The lowest BCUT2D eigenvalue weighted by atomic mass is 9.85. The molecular formula is C16H15F3O5. The number of carboxylic acids is 1. The molecule has 1 fully saturated rings. The van der Waals surface area contributed by atoms with Gasteiger partial charge in [0.15, 0.2) is 0 Å². The van der Waals surface area contributed by atoms with E-state index in [9.17, 15) is 22.8 Å². The van der Waals surface area contributed by atoms with Crippen molar-refractivity contribution in [3.63, 3.8) is 0 Å². The van der Waals surface area contributed by atoms with E-state index in [4.69, 9.17) is 14.6 Å². The SMILES string of the molecule is O=C(O)/C=C/C(=O)OC1(c2ccc(C(F)(F)F)cc2)CCOCC1. The summed E-state index contributed by atoms with van der Waals surface area (Å²) in [5.41, 5.74) is -1.52. The van der Waals surface area contributed by atoms with E-state index in [0.29, 0.717) is 11.6 Å². The fourth-order valence-electron chi connectivity index (χ4n) is 2.48. The number of carbonyl (C=O) groups excluding carboxylic acids is 1. The molecule has 24 heavy (non-hydrogen) atoms. The second kappa shape index (κ2) is 7.04. The summed E-state index contributed by atoms with van der Waals surface area (Å²) in [7, 11) is 0. The van der Waals surface area contributed by atoms with Crippen LogP contribution in [0.1, 0.15) is 24.0 Å². The summed E-state index contributed by atoms with van der Waals surface area (Å²) < 4.78 is 48.6. The molecular weight excluding hydrogens is 329 g/mol. The molecule has 0 radical (unpaired) electrons. The van der Waals surface area contributed by atoms with Crippen LogP contribution in [0.15, 0.2) is 36.4 Å². The van der Waals surface area contributed by atoms with Crippen LogP contribution < -0.4 is 0 Å². The first-order valence-electron chi connectivity index (χ1n) is 7.12.